The highest BCUT2D eigenvalue weighted by atomic mass is 16.6. The summed E-state index contributed by atoms with van der Waals surface area (Å²) in [5, 5.41) is 21.4. The van der Waals surface area contributed by atoms with Gasteiger partial charge in [0.05, 0.1) is 70.1 Å². The molecule has 7 aromatic rings. The summed E-state index contributed by atoms with van der Waals surface area (Å²) in [6, 6.07) is 31.2. The van der Waals surface area contributed by atoms with Gasteiger partial charge in [-0.25, -0.2) is 14.8 Å². The topological polar surface area (TPSA) is 184 Å². The van der Waals surface area contributed by atoms with Crippen LogP contribution in [0.25, 0.3) is 43.6 Å². The number of nitrogens with zero attached hydrogens (tertiary/aromatic N) is 4. The third kappa shape index (κ3) is 11.4. The zero-order chi connectivity index (χ0) is 46.7. The van der Waals surface area contributed by atoms with Gasteiger partial charge in [0.25, 0.3) is 17.5 Å². The Hall–Kier alpha value is -7.23. The maximum absolute atomic E-state index is 13.9. The van der Waals surface area contributed by atoms with Gasteiger partial charge >= 0.3 is 6.09 Å². The Bertz CT molecular complexity index is 2790. The minimum absolute atomic E-state index is 0.0380. The number of nitrogens with one attached hydrogen (secondary N) is 2. The van der Waals surface area contributed by atoms with Gasteiger partial charge in [-0.1, -0.05) is 60.7 Å². The van der Waals surface area contributed by atoms with Crippen molar-refractivity contribution in [2.45, 2.75) is 58.7 Å². The number of aryl methyl sites for hydroxylation is 2. The number of carbonyl (C=O) groups excluding carboxylic acids is 3. The number of ether oxygens (including phenoxy) is 4. The molecule has 8 rings (SSSR count). The summed E-state index contributed by atoms with van der Waals surface area (Å²) < 4.78 is 23.2. The normalized spacial score (nSPS) is 13.7. The van der Waals surface area contributed by atoms with Crippen molar-refractivity contribution in [1.82, 2.24) is 25.5 Å². The first-order valence-electron chi connectivity index (χ1n) is 22.8. The molecule has 67 heavy (non-hydrogen) atoms. The Kier molecular flexibility index (Phi) is 15.1. The number of non-ortho nitro benzene ring substituents is 1. The third-order valence-corrected chi connectivity index (χ3v) is 11.9. The van der Waals surface area contributed by atoms with Gasteiger partial charge in [0.2, 0.25) is 0 Å². The molecule has 0 spiro atoms. The molecule has 1 aliphatic heterocycles. The molecule has 346 valence electrons. The van der Waals surface area contributed by atoms with E-state index in [-0.39, 0.29) is 68.7 Å². The highest BCUT2D eigenvalue weighted by Crippen LogP contribution is 2.28. The van der Waals surface area contributed by atoms with E-state index in [1.807, 2.05) is 86.6 Å². The van der Waals surface area contributed by atoms with Crippen LogP contribution < -0.4 is 15.4 Å². The summed E-state index contributed by atoms with van der Waals surface area (Å²) in [7, 11) is 0. The first kappa shape index (κ1) is 46.3. The van der Waals surface area contributed by atoms with Crippen LogP contribution in [-0.4, -0.2) is 96.4 Å². The van der Waals surface area contributed by atoms with Crippen molar-refractivity contribution in [1.29, 1.82) is 0 Å². The van der Waals surface area contributed by atoms with Crippen molar-refractivity contribution in [3.8, 4) is 5.75 Å². The Morgan fingerprint density at radius 3 is 1.85 bits per heavy atom. The van der Waals surface area contributed by atoms with Crippen LogP contribution in [-0.2, 0) is 20.8 Å². The van der Waals surface area contributed by atoms with Crippen molar-refractivity contribution in [2.75, 3.05) is 52.6 Å². The molecule has 1 fully saturated rings. The number of benzene rings is 5. The average Bonchev–Trinajstić information content (AvgIpc) is 3.34. The third-order valence-electron chi connectivity index (χ3n) is 11.9. The van der Waals surface area contributed by atoms with Crippen LogP contribution in [0.15, 0.2) is 103 Å². The lowest BCUT2D eigenvalue weighted by molar-refractivity contribution is -0.385. The Labute approximate surface area is 387 Å². The number of hydrogen-bond acceptors (Lipinski definition) is 11. The maximum atomic E-state index is 13.9. The molecular formula is C52H54N6O9. The molecule has 15 nitrogen and oxygen atoms in total. The van der Waals surface area contributed by atoms with Gasteiger partial charge in [0.1, 0.15) is 12.4 Å². The number of rotatable bonds is 19. The molecule has 0 radical (unpaired) electrons. The predicted octanol–water partition coefficient (Wildman–Crippen LogP) is 9.16. The number of carbonyl (C=O) groups is 3. The first-order valence-corrected chi connectivity index (χ1v) is 22.8. The second-order valence-electron chi connectivity index (χ2n) is 16.7. The molecule has 2 aromatic heterocycles. The van der Waals surface area contributed by atoms with Gasteiger partial charge in [-0.15, -0.1) is 0 Å². The Morgan fingerprint density at radius 2 is 1.30 bits per heavy atom. The molecule has 0 saturated carbocycles. The second-order valence-corrected chi connectivity index (χ2v) is 16.7. The zero-order valence-electron chi connectivity index (χ0n) is 37.8. The minimum Gasteiger partial charge on any atom is -0.493 e. The highest BCUT2D eigenvalue weighted by Gasteiger charge is 2.20. The van der Waals surface area contributed by atoms with E-state index in [1.165, 1.54) is 23.1 Å². The molecule has 1 aliphatic rings. The highest BCUT2D eigenvalue weighted by molar-refractivity contribution is 6.09. The van der Waals surface area contributed by atoms with Crippen molar-refractivity contribution in [3.05, 3.63) is 141 Å². The van der Waals surface area contributed by atoms with E-state index < -0.39 is 11.0 Å². The number of para-hydroxylation sites is 4. The van der Waals surface area contributed by atoms with Gasteiger partial charge in [-0.2, -0.15) is 0 Å². The van der Waals surface area contributed by atoms with Crippen molar-refractivity contribution >= 4 is 67.2 Å². The minimum atomic E-state index is -0.633. The molecule has 2 N–H and O–H groups in total. The van der Waals surface area contributed by atoms with E-state index in [1.54, 1.807) is 12.1 Å². The number of amides is 3. The quantitative estimate of drug-likeness (QED) is 0.0341. The van der Waals surface area contributed by atoms with Crippen molar-refractivity contribution < 1.29 is 38.3 Å². The van der Waals surface area contributed by atoms with E-state index in [4.69, 9.17) is 28.9 Å². The van der Waals surface area contributed by atoms with Gasteiger partial charge in [0.15, 0.2) is 0 Å². The molecular weight excluding hydrogens is 853 g/mol. The second kappa shape index (κ2) is 21.8. The molecule has 15 heteroatoms. The maximum Gasteiger partial charge on any atom is 0.410 e. The lowest BCUT2D eigenvalue weighted by atomic mass is 10.0. The molecule has 0 aliphatic carbocycles. The van der Waals surface area contributed by atoms with Crippen LogP contribution in [0.4, 0.5) is 10.5 Å². The smallest absolute Gasteiger partial charge is 0.410 e. The Balaban J connectivity index is 0.915. The SMILES string of the molecule is Cc1cccc2cc3cccc(C(=O)NCCCN(CCCNC(=O)c4cccc5cc6cccc(C)c6nc45)C(=O)OCc4ccc([N+](=O)[O-])cc4OCCCOC4CCCOC4)c3nc12. The van der Waals surface area contributed by atoms with Gasteiger partial charge in [-0.3, -0.25) is 19.7 Å². The molecule has 3 amide bonds. The predicted molar refractivity (Wildman–Crippen MR) is 257 cm³/mol. The van der Waals surface area contributed by atoms with E-state index in [9.17, 15) is 24.5 Å². The van der Waals surface area contributed by atoms with E-state index >= 15 is 0 Å². The molecule has 1 atom stereocenters. The van der Waals surface area contributed by atoms with Crippen molar-refractivity contribution in [3.63, 3.8) is 0 Å². The number of pyridine rings is 2. The average molecular weight is 907 g/mol. The molecule has 1 unspecified atom stereocenters. The number of fused-ring (bicyclic) bond motifs is 4. The fourth-order valence-corrected chi connectivity index (χ4v) is 8.34. The van der Waals surface area contributed by atoms with Crippen LogP contribution in [0.2, 0.25) is 0 Å². The number of hydrogen-bond donors (Lipinski definition) is 2. The van der Waals surface area contributed by atoms with Gasteiger partial charge in [0, 0.05) is 72.4 Å². The largest absolute Gasteiger partial charge is 0.493 e. The first-order chi connectivity index (χ1) is 32.6. The Morgan fingerprint density at radius 1 is 0.731 bits per heavy atom. The number of aromatic nitrogens is 2. The standard InChI is InChI=1S/C52H54N6O9/c1-34-11-3-13-36-29-38-15-5-18-43(48(38)55-46(34)36)50(59)53-22-8-24-57(25-9-23-54-51(60)44-19-6-16-39-30-37-14-4-12-35(2)47(37)56-49(39)44)52(61)67-32-40-20-21-41(58(62)63)31-45(40)66-28-10-27-65-42-17-7-26-64-33-42/h3-6,11-16,18-21,29-31,42H,7-10,17,22-28,32-33H2,1-2H3,(H,53,59)(H,54,60). The summed E-state index contributed by atoms with van der Waals surface area (Å²) >= 11 is 0. The molecule has 5 aromatic carbocycles. The van der Waals surface area contributed by atoms with Crippen LogP contribution in [0.1, 0.15) is 69.5 Å². The van der Waals surface area contributed by atoms with Crippen LogP contribution in [0.3, 0.4) is 0 Å². The zero-order valence-corrected chi connectivity index (χ0v) is 37.8. The fourth-order valence-electron chi connectivity index (χ4n) is 8.34. The lowest BCUT2D eigenvalue weighted by Gasteiger charge is -2.23. The molecule has 3 heterocycles. The molecule has 1 saturated heterocycles. The fraction of sp³-hybridized carbons (Fsp3) is 0.327. The van der Waals surface area contributed by atoms with Gasteiger partial charge < -0.3 is 34.5 Å². The van der Waals surface area contributed by atoms with E-state index in [2.05, 4.69) is 10.6 Å². The monoisotopic (exact) mass is 906 g/mol. The lowest BCUT2D eigenvalue weighted by Crippen LogP contribution is -2.37. The molecule has 0 bridgehead atoms. The number of nitro groups is 1. The summed E-state index contributed by atoms with van der Waals surface area (Å²) in [6.07, 6.45) is 2.61. The number of nitro benzene ring substituents is 1. The van der Waals surface area contributed by atoms with E-state index in [0.29, 0.717) is 60.2 Å². The summed E-state index contributed by atoms with van der Waals surface area (Å²) in [5.41, 5.74) is 6.11. The van der Waals surface area contributed by atoms with Crippen LogP contribution in [0, 0.1) is 24.0 Å². The van der Waals surface area contributed by atoms with E-state index in [0.717, 1.165) is 63.2 Å². The summed E-state index contributed by atoms with van der Waals surface area (Å²) in [5.74, 6) is -0.333. The van der Waals surface area contributed by atoms with Crippen molar-refractivity contribution in [2.24, 2.45) is 0 Å². The van der Waals surface area contributed by atoms with Crippen LogP contribution in [0.5, 0.6) is 5.75 Å². The van der Waals surface area contributed by atoms with Gasteiger partial charge in [-0.05, 0) is 81.0 Å². The summed E-state index contributed by atoms with van der Waals surface area (Å²) in [6.45, 7) is 6.69. The summed E-state index contributed by atoms with van der Waals surface area (Å²) in [4.78, 5) is 63.5. The van der Waals surface area contributed by atoms with Crippen LogP contribution >= 0.6 is 0 Å².